The summed E-state index contributed by atoms with van der Waals surface area (Å²) < 4.78 is 12.9. The quantitative estimate of drug-likeness (QED) is 0.941. The van der Waals surface area contributed by atoms with Crippen LogP contribution in [0.2, 0.25) is 0 Å². The van der Waals surface area contributed by atoms with E-state index in [0.717, 1.165) is 25.1 Å². The van der Waals surface area contributed by atoms with E-state index >= 15 is 0 Å². The number of carbonyl (C=O) groups is 2. The minimum Gasteiger partial charge on any atom is -0.322 e. The van der Waals surface area contributed by atoms with Crippen LogP contribution < -0.4 is 10.2 Å². The maximum absolute atomic E-state index is 12.9. The first-order valence-electron chi connectivity index (χ1n) is 7.61. The van der Waals surface area contributed by atoms with Crippen LogP contribution in [0.15, 0.2) is 48.5 Å². The third-order valence-electron chi connectivity index (χ3n) is 3.87. The molecule has 5 heteroatoms. The van der Waals surface area contributed by atoms with Crippen LogP contribution in [0.1, 0.15) is 29.6 Å². The van der Waals surface area contributed by atoms with Gasteiger partial charge in [-0.15, -0.1) is 0 Å². The highest BCUT2D eigenvalue weighted by atomic mass is 19.1. The summed E-state index contributed by atoms with van der Waals surface area (Å²) in [5.74, 6) is -0.539. The van der Waals surface area contributed by atoms with Crippen LogP contribution in [0.5, 0.6) is 0 Å². The van der Waals surface area contributed by atoms with Gasteiger partial charge in [-0.2, -0.15) is 0 Å². The van der Waals surface area contributed by atoms with Gasteiger partial charge in [0.25, 0.3) is 5.91 Å². The molecule has 1 fully saturated rings. The van der Waals surface area contributed by atoms with Crippen molar-refractivity contribution in [3.05, 3.63) is 59.9 Å². The molecule has 1 N–H and O–H groups in total. The van der Waals surface area contributed by atoms with Crippen molar-refractivity contribution in [2.75, 3.05) is 16.8 Å². The summed E-state index contributed by atoms with van der Waals surface area (Å²) in [7, 11) is 0. The van der Waals surface area contributed by atoms with Gasteiger partial charge in [0.2, 0.25) is 5.91 Å². The van der Waals surface area contributed by atoms with E-state index in [4.69, 9.17) is 0 Å². The van der Waals surface area contributed by atoms with E-state index in [2.05, 4.69) is 5.32 Å². The number of hydrogen-bond acceptors (Lipinski definition) is 2. The average Bonchev–Trinajstić information content (AvgIpc) is 2.57. The highest BCUT2D eigenvalue weighted by Crippen LogP contribution is 2.23. The number of nitrogens with one attached hydrogen (secondary N) is 1. The van der Waals surface area contributed by atoms with Crippen LogP contribution in [0, 0.1) is 5.82 Å². The van der Waals surface area contributed by atoms with E-state index in [0.29, 0.717) is 17.7 Å². The van der Waals surface area contributed by atoms with Crippen molar-refractivity contribution < 1.29 is 14.0 Å². The van der Waals surface area contributed by atoms with Gasteiger partial charge in [-0.3, -0.25) is 9.59 Å². The van der Waals surface area contributed by atoms with Crippen molar-refractivity contribution in [1.29, 1.82) is 0 Å². The number of piperidine rings is 1. The Morgan fingerprint density at radius 2 is 1.70 bits per heavy atom. The number of amides is 2. The van der Waals surface area contributed by atoms with Crippen molar-refractivity contribution in [3.8, 4) is 0 Å². The smallest absolute Gasteiger partial charge is 0.255 e. The minimum atomic E-state index is -0.378. The van der Waals surface area contributed by atoms with Crippen molar-refractivity contribution >= 4 is 23.2 Å². The lowest BCUT2D eigenvalue weighted by molar-refractivity contribution is -0.119. The molecule has 0 unspecified atom stereocenters. The molecule has 1 heterocycles. The summed E-state index contributed by atoms with van der Waals surface area (Å²) in [6.07, 6.45) is 2.54. The second-order valence-electron chi connectivity index (χ2n) is 5.51. The molecule has 23 heavy (non-hydrogen) atoms. The number of nitrogens with zero attached hydrogens (tertiary/aromatic N) is 1. The molecule has 0 spiro atoms. The van der Waals surface area contributed by atoms with Crippen LogP contribution in [0.3, 0.4) is 0 Å². The highest BCUT2D eigenvalue weighted by molar-refractivity contribution is 6.04. The summed E-state index contributed by atoms with van der Waals surface area (Å²) in [5.41, 5.74) is 1.86. The molecule has 4 nitrogen and oxygen atoms in total. The number of anilines is 2. The molecule has 0 bridgehead atoms. The van der Waals surface area contributed by atoms with E-state index in [1.807, 2.05) is 12.1 Å². The molecule has 0 radical (unpaired) electrons. The van der Waals surface area contributed by atoms with Gasteiger partial charge in [-0.25, -0.2) is 4.39 Å². The Hall–Kier alpha value is -2.69. The fraction of sp³-hybridized carbons (Fsp3) is 0.222. The van der Waals surface area contributed by atoms with Gasteiger partial charge in [0.15, 0.2) is 0 Å². The first-order chi connectivity index (χ1) is 11.1. The third-order valence-corrected chi connectivity index (χ3v) is 3.87. The largest absolute Gasteiger partial charge is 0.322 e. The van der Waals surface area contributed by atoms with Gasteiger partial charge in [0, 0.05) is 29.9 Å². The Morgan fingerprint density at radius 1 is 1.00 bits per heavy atom. The summed E-state index contributed by atoms with van der Waals surface area (Å²) in [4.78, 5) is 25.7. The predicted octanol–water partition coefficient (Wildman–Crippen LogP) is 3.59. The maximum atomic E-state index is 12.9. The fourth-order valence-electron chi connectivity index (χ4n) is 2.61. The monoisotopic (exact) mass is 312 g/mol. The molecular formula is C18H17FN2O2. The fourth-order valence-corrected chi connectivity index (χ4v) is 2.61. The molecule has 0 aromatic heterocycles. The van der Waals surface area contributed by atoms with Crippen molar-refractivity contribution in [2.45, 2.75) is 19.3 Å². The zero-order valence-corrected chi connectivity index (χ0v) is 12.6. The molecule has 2 aromatic carbocycles. The molecule has 1 aliphatic rings. The van der Waals surface area contributed by atoms with Crippen molar-refractivity contribution in [1.82, 2.24) is 0 Å². The Labute approximate surface area is 133 Å². The first-order valence-corrected chi connectivity index (χ1v) is 7.61. The number of carbonyl (C=O) groups excluding carboxylic acids is 2. The topological polar surface area (TPSA) is 49.4 Å². The van der Waals surface area contributed by atoms with Gasteiger partial charge >= 0.3 is 0 Å². The van der Waals surface area contributed by atoms with Gasteiger partial charge in [-0.05, 0) is 61.4 Å². The Kier molecular flexibility index (Phi) is 4.37. The molecule has 0 aliphatic carbocycles. The van der Waals surface area contributed by atoms with Crippen LogP contribution in [0.25, 0.3) is 0 Å². The van der Waals surface area contributed by atoms with E-state index in [1.165, 1.54) is 24.3 Å². The molecule has 0 saturated carbocycles. The number of benzene rings is 2. The van der Waals surface area contributed by atoms with Crippen LogP contribution in [-0.4, -0.2) is 18.4 Å². The van der Waals surface area contributed by atoms with E-state index in [1.54, 1.807) is 17.0 Å². The molecule has 118 valence electrons. The SMILES string of the molecule is O=C(Nc1ccc(N2CCCCC2=O)cc1)c1ccc(F)cc1. The van der Waals surface area contributed by atoms with E-state index in [-0.39, 0.29) is 17.6 Å². The summed E-state index contributed by atoms with van der Waals surface area (Å²) in [6.45, 7) is 0.736. The van der Waals surface area contributed by atoms with Crippen LogP contribution in [-0.2, 0) is 4.79 Å². The molecule has 1 saturated heterocycles. The lowest BCUT2D eigenvalue weighted by Gasteiger charge is -2.26. The first kappa shape index (κ1) is 15.2. The number of halogens is 1. The van der Waals surface area contributed by atoms with Crippen molar-refractivity contribution in [3.63, 3.8) is 0 Å². The summed E-state index contributed by atoms with van der Waals surface area (Å²) in [5, 5.41) is 2.75. The van der Waals surface area contributed by atoms with Gasteiger partial charge < -0.3 is 10.2 Å². The number of rotatable bonds is 3. The van der Waals surface area contributed by atoms with Crippen molar-refractivity contribution in [2.24, 2.45) is 0 Å². The second kappa shape index (κ2) is 6.60. The lowest BCUT2D eigenvalue weighted by Crippen LogP contribution is -2.35. The molecule has 1 aliphatic heterocycles. The molecule has 2 aromatic rings. The zero-order chi connectivity index (χ0) is 16.2. The van der Waals surface area contributed by atoms with Gasteiger partial charge in [0.1, 0.15) is 5.82 Å². The van der Waals surface area contributed by atoms with E-state index < -0.39 is 0 Å². The molecule has 2 amide bonds. The Morgan fingerprint density at radius 3 is 2.35 bits per heavy atom. The average molecular weight is 312 g/mol. The lowest BCUT2D eigenvalue weighted by atomic mass is 10.1. The standard InChI is InChI=1S/C18H17FN2O2/c19-14-6-4-13(5-7-14)18(23)20-15-8-10-16(11-9-15)21-12-2-1-3-17(21)22/h4-11H,1-3,12H2,(H,20,23). The number of hydrogen-bond donors (Lipinski definition) is 1. The highest BCUT2D eigenvalue weighted by Gasteiger charge is 2.19. The Bertz CT molecular complexity index is 711. The third kappa shape index (κ3) is 3.56. The van der Waals surface area contributed by atoms with E-state index in [9.17, 15) is 14.0 Å². The van der Waals surface area contributed by atoms with Crippen LogP contribution in [0.4, 0.5) is 15.8 Å². The molecule has 3 rings (SSSR count). The second-order valence-corrected chi connectivity index (χ2v) is 5.51. The molecule has 0 atom stereocenters. The van der Waals surface area contributed by atoms with Gasteiger partial charge in [0.05, 0.1) is 0 Å². The molecular weight excluding hydrogens is 295 g/mol. The zero-order valence-electron chi connectivity index (χ0n) is 12.6. The minimum absolute atomic E-state index is 0.138. The van der Waals surface area contributed by atoms with Gasteiger partial charge in [-0.1, -0.05) is 0 Å². The Balaban J connectivity index is 1.68. The predicted molar refractivity (Wildman–Crippen MR) is 87.0 cm³/mol. The maximum Gasteiger partial charge on any atom is 0.255 e. The van der Waals surface area contributed by atoms with Crippen LogP contribution >= 0.6 is 0 Å². The normalized spacial score (nSPS) is 14.7. The summed E-state index contributed by atoms with van der Waals surface area (Å²) >= 11 is 0. The summed E-state index contributed by atoms with van der Waals surface area (Å²) in [6, 6.07) is 12.5.